The molecule has 1 heterocycles. The normalized spacial score (nSPS) is 13.8. The fourth-order valence-electron chi connectivity index (χ4n) is 3.05. The minimum atomic E-state index is -0.333. The monoisotopic (exact) mass is 361 g/mol. The van der Waals surface area contributed by atoms with Gasteiger partial charge in [0, 0.05) is 38.0 Å². The van der Waals surface area contributed by atoms with Crippen LogP contribution in [-0.4, -0.2) is 60.0 Å². The zero-order chi connectivity index (χ0) is 19.5. The topological polar surface area (TPSA) is 79.0 Å². The van der Waals surface area contributed by atoms with Crippen molar-refractivity contribution < 1.29 is 19.1 Å². The molecule has 0 radical (unpaired) electrons. The third kappa shape index (κ3) is 4.04. The molecule has 0 fully saturated rings. The molecule has 1 aliphatic rings. The summed E-state index contributed by atoms with van der Waals surface area (Å²) in [5.41, 5.74) is 0.869. The van der Waals surface area contributed by atoms with Gasteiger partial charge in [0.2, 0.25) is 0 Å². The maximum atomic E-state index is 12.5. The van der Waals surface area contributed by atoms with Gasteiger partial charge in [0.15, 0.2) is 0 Å². The van der Waals surface area contributed by atoms with Gasteiger partial charge < -0.3 is 15.0 Å². The van der Waals surface area contributed by atoms with Crippen molar-refractivity contribution in [3.8, 4) is 0 Å². The van der Waals surface area contributed by atoms with E-state index in [1.54, 1.807) is 30.2 Å². The lowest BCUT2D eigenvalue weighted by atomic mass is 10.1. The molecule has 0 aromatic heterocycles. The summed E-state index contributed by atoms with van der Waals surface area (Å²) in [6.07, 6.45) is 0.586. The molecule has 0 unspecified atom stereocenters. The SMILES string of the molecule is CCN(C(=O)Nc1ccc2c(c1)C(=O)N(CCCOC)C2=O)C(C)(C)C. The summed E-state index contributed by atoms with van der Waals surface area (Å²) in [6.45, 7) is 9.14. The minimum Gasteiger partial charge on any atom is -0.385 e. The number of amides is 4. The largest absolute Gasteiger partial charge is 0.385 e. The first-order valence-electron chi connectivity index (χ1n) is 8.78. The van der Waals surface area contributed by atoms with Crippen LogP contribution in [0.15, 0.2) is 18.2 Å². The standard InChI is InChI=1S/C19H27N3O4/c1-6-22(19(2,3)4)18(25)20-13-8-9-14-15(12-13)17(24)21(16(14)23)10-7-11-26-5/h8-9,12H,6-7,10-11H2,1-5H3,(H,20,25). The first kappa shape index (κ1) is 19.9. The molecule has 0 bridgehead atoms. The number of hydrogen-bond donors (Lipinski definition) is 1. The van der Waals surface area contributed by atoms with Crippen molar-refractivity contribution in [1.82, 2.24) is 9.80 Å². The zero-order valence-electron chi connectivity index (χ0n) is 16.1. The molecular formula is C19H27N3O4. The summed E-state index contributed by atoms with van der Waals surface area (Å²) < 4.78 is 4.97. The van der Waals surface area contributed by atoms with Crippen molar-refractivity contribution in [2.75, 3.05) is 32.1 Å². The number of benzene rings is 1. The highest BCUT2D eigenvalue weighted by Crippen LogP contribution is 2.26. The van der Waals surface area contributed by atoms with Gasteiger partial charge in [-0.25, -0.2) is 4.79 Å². The van der Waals surface area contributed by atoms with Crippen LogP contribution in [0.1, 0.15) is 54.8 Å². The summed E-state index contributed by atoms with van der Waals surface area (Å²) in [5.74, 6) is -0.635. The van der Waals surface area contributed by atoms with Gasteiger partial charge >= 0.3 is 6.03 Å². The number of anilines is 1. The van der Waals surface area contributed by atoms with Crippen LogP contribution < -0.4 is 5.32 Å². The molecule has 1 aliphatic heterocycles. The number of carbonyl (C=O) groups is 3. The van der Waals surface area contributed by atoms with Gasteiger partial charge in [0.05, 0.1) is 11.1 Å². The van der Waals surface area contributed by atoms with E-state index >= 15 is 0 Å². The summed E-state index contributed by atoms with van der Waals surface area (Å²) in [5, 5.41) is 2.82. The Labute approximate surface area is 154 Å². The first-order valence-corrected chi connectivity index (χ1v) is 8.78. The third-order valence-electron chi connectivity index (χ3n) is 4.32. The van der Waals surface area contributed by atoms with Crippen LogP contribution in [0.2, 0.25) is 0 Å². The molecule has 0 saturated heterocycles. The van der Waals surface area contributed by atoms with E-state index in [4.69, 9.17) is 4.74 Å². The molecule has 26 heavy (non-hydrogen) atoms. The van der Waals surface area contributed by atoms with E-state index in [1.807, 2.05) is 27.7 Å². The fourth-order valence-corrected chi connectivity index (χ4v) is 3.05. The van der Waals surface area contributed by atoms with Gasteiger partial charge in [-0.3, -0.25) is 14.5 Å². The maximum Gasteiger partial charge on any atom is 0.322 e. The number of fused-ring (bicyclic) bond motifs is 1. The van der Waals surface area contributed by atoms with Gasteiger partial charge in [0.1, 0.15) is 0 Å². The molecule has 7 heteroatoms. The lowest BCUT2D eigenvalue weighted by Gasteiger charge is -2.34. The van der Waals surface area contributed by atoms with E-state index in [9.17, 15) is 14.4 Å². The molecule has 1 N–H and O–H groups in total. The molecule has 1 aromatic carbocycles. The van der Waals surface area contributed by atoms with Crippen LogP contribution in [0.4, 0.5) is 10.5 Å². The number of methoxy groups -OCH3 is 1. The van der Waals surface area contributed by atoms with Crippen LogP contribution >= 0.6 is 0 Å². The lowest BCUT2D eigenvalue weighted by Crippen LogP contribution is -2.47. The Hall–Kier alpha value is -2.41. The Morgan fingerprint density at radius 3 is 2.42 bits per heavy atom. The number of carbonyl (C=O) groups excluding carboxylic acids is 3. The second-order valence-electron chi connectivity index (χ2n) is 7.21. The van der Waals surface area contributed by atoms with E-state index in [0.29, 0.717) is 42.9 Å². The Morgan fingerprint density at radius 2 is 1.85 bits per heavy atom. The first-order chi connectivity index (χ1) is 12.2. The smallest absolute Gasteiger partial charge is 0.322 e. The number of rotatable bonds is 6. The van der Waals surface area contributed by atoms with Crippen LogP contribution in [0.25, 0.3) is 0 Å². The summed E-state index contributed by atoms with van der Waals surface area (Å²) in [6, 6.07) is 4.57. The fraction of sp³-hybridized carbons (Fsp3) is 0.526. The third-order valence-corrected chi connectivity index (χ3v) is 4.32. The van der Waals surface area contributed by atoms with Gasteiger partial charge in [0.25, 0.3) is 11.8 Å². The van der Waals surface area contributed by atoms with Crippen molar-refractivity contribution in [2.45, 2.75) is 39.7 Å². The van der Waals surface area contributed by atoms with Crippen LogP contribution in [0.5, 0.6) is 0 Å². The summed E-state index contributed by atoms with van der Waals surface area (Å²) in [4.78, 5) is 40.4. The average molecular weight is 361 g/mol. The zero-order valence-corrected chi connectivity index (χ0v) is 16.1. The van der Waals surface area contributed by atoms with Crippen molar-refractivity contribution in [2.24, 2.45) is 0 Å². The highest BCUT2D eigenvalue weighted by atomic mass is 16.5. The second kappa shape index (κ2) is 7.86. The Bertz CT molecular complexity index is 709. The number of nitrogens with zero attached hydrogens (tertiary/aromatic N) is 2. The van der Waals surface area contributed by atoms with Crippen molar-refractivity contribution >= 4 is 23.5 Å². The van der Waals surface area contributed by atoms with Gasteiger partial charge in [-0.2, -0.15) is 0 Å². The molecule has 0 spiro atoms. The van der Waals surface area contributed by atoms with Crippen LogP contribution in [0, 0.1) is 0 Å². The number of imide groups is 1. The van der Waals surface area contributed by atoms with Crippen molar-refractivity contribution in [3.05, 3.63) is 29.3 Å². The molecule has 0 aliphatic carbocycles. The highest BCUT2D eigenvalue weighted by molar-refractivity contribution is 6.21. The number of ether oxygens (including phenoxy) is 1. The Kier molecular flexibility index (Phi) is 6.02. The van der Waals surface area contributed by atoms with E-state index in [1.165, 1.54) is 4.90 Å². The quantitative estimate of drug-likeness (QED) is 0.624. The molecule has 4 amide bonds. The predicted octanol–water partition coefficient (Wildman–Crippen LogP) is 2.97. The molecule has 7 nitrogen and oxygen atoms in total. The average Bonchev–Trinajstić information content (AvgIpc) is 2.79. The highest BCUT2D eigenvalue weighted by Gasteiger charge is 2.35. The molecule has 1 aromatic rings. The van der Waals surface area contributed by atoms with E-state index in [-0.39, 0.29) is 23.4 Å². The van der Waals surface area contributed by atoms with E-state index < -0.39 is 0 Å². The van der Waals surface area contributed by atoms with Gasteiger partial charge in [-0.1, -0.05) is 0 Å². The molecule has 0 saturated carbocycles. The number of hydrogen-bond acceptors (Lipinski definition) is 4. The maximum absolute atomic E-state index is 12.5. The molecule has 142 valence electrons. The Balaban J connectivity index is 2.17. The van der Waals surface area contributed by atoms with Crippen molar-refractivity contribution in [1.29, 1.82) is 0 Å². The molecule has 2 rings (SSSR count). The van der Waals surface area contributed by atoms with Crippen LogP contribution in [0.3, 0.4) is 0 Å². The van der Waals surface area contributed by atoms with Crippen molar-refractivity contribution in [3.63, 3.8) is 0 Å². The lowest BCUT2D eigenvalue weighted by molar-refractivity contribution is 0.0638. The minimum absolute atomic E-state index is 0.242. The molecule has 0 atom stereocenters. The second-order valence-corrected chi connectivity index (χ2v) is 7.21. The number of urea groups is 1. The summed E-state index contributed by atoms with van der Waals surface area (Å²) in [7, 11) is 1.58. The number of nitrogens with one attached hydrogen (secondary N) is 1. The van der Waals surface area contributed by atoms with Gasteiger partial charge in [-0.15, -0.1) is 0 Å². The van der Waals surface area contributed by atoms with E-state index in [2.05, 4.69) is 5.32 Å². The van der Waals surface area contributed by atoms with Crippen LogP contribution in [-0.2, 0) is 4.74 Å². The Morgan fingerprint density at radius 1 is 1.19 bits per heavy atom. The predicted molar refractivity (Wildman–Crippen MR) is 99.5 cm³/mol. The molecular weight excluding hydrogens is 334 g/mol. The van der Waals surface area contributed by atoms with Gasteiger partial charge in [-0.05, 0) is 52.3 Å². The van der Waals surface area contributed by atoms with E-state index in [0.717, 1.165) is 0 Å². The summed E-state index contributed by atoms with van der Waals surface area (Å²) >= 11 is 0.